The maximum atomic E-state index is 11.7. The van der Waals surface area contributed by atoms with Crippen LogP contribution in [0, 0.1) is 0 Å². The Bertz CT molecular complexity index is 685. The van der Waals surface area contributed by atoms with E-state index in [0.717, 1.165) is 4.68 Å². The highest BCUT2D eigenvalue weighted by Gasteiger charge is 2.18. The Kier molecular flexibility index (Phi) is 3.84. The van der Waals surface area contributed by atoms with E-state index >= 15 is 0 Å². The highest BCUT2D eigenvalue weighted by atomic mass is 35.5. The van der Waals surface area contributed by atoms with Gasteiger partial charge in [-0.25, -0.2) is 9.59 Å². The van der Waals surface area contributed by atoms with E-state index < -0.39 is 11.7 Å². The molecule has 0 atom stereocenters. The first-order valence-electron chi connectivity index (χ1n) is 4.86. The molecule has 0 aliphatic rings. The number of H-pyrrole nitrogens is 1. The number of esters is 1. The van der Waals surface area contributed by atoms with E-state index in [2.05, 4.69) is 14.8 Å². The van der Waals surface area contributed by atoms with E-state index in [0.29, 0.717) is 5.02 Å². The number of benzene rings is 1. The minimum atomic E-state index is -0.781. The fourth-order valence-electron chi connectivity index (χ4n) is 1.40. The molecule has 0 fully saturated rings. The Hall–Kier alpha value is -1.50. The van der Waals surface area contributed by atoms with Gasteiger partial charge in [0.1, 0.15) is 5.69 Å². The summed E-state index contributed by atoms with van der Waals surface area (Å²) >= 11 is 17.7. The average molecular weight is 323 g/mol. The number of halogens is 3. The smallest absolute Gasteiger partial charge is 0.376 e. The Morgan fingerprint density at radius 2 is 1.89 bits per heavy atom. The van der Waals surface area contributed by atoms with Crippen LogP contribution >= 0.6 is 34.8 Å². The van der Waals surface area contributed by atoms with Crippen LogP contribution in [-0.2, 0) is 4.74 Å². The van der Waals surface area contributed by atoms with Gasteiger partial charge in [-0.2, -0.15) is 4.68 Å². The molecule has 19 heavy (non-hydrogen) atoms. The lowest BCUT2D eigenvalue weighted by atomic mass is 10.3. The molecule has 1 N–H and O–H groups in total. The summed E-state index contributed by atoms with van der Waals surface area (Å²) in [5.74, 6) is -1.04. The highest BCUT2D eigenvalue weighted by Crippen LogP contribution is 2.30. The van der Waals surface area contributed by atoms with Crippen molar-refractivity contribution in [3.63, 3.8) is 0 Å². The second-order valence-electron chi connectivity index (χ2n) is 3.40. The largest absolute Gasteiger partial charge is 0.463 e. The standard InChI is InChI=1S/C10H6Cl3N3O3/c1-19-9(17)8-14-10(18)16(15-8)7-5(12)2-4(11)3-6(7)13/h2-3H,1H3,(H,14,15,18). The molecule has 0 saturated carbocycles. The Morgan fingerprint density at radius 3 is 2.42 bits per heavy atom. The zero-order valence-electron chi connectivity index (χ0n) is 9.41. The monoisotopic (exact) mass is 321 g/mol. The van der Waals surface area contributed by atoms with Gasteiger partial charge < -0.3 is 4.74 Å². The van der Waals surface area contributed by atoms with Crippen molar-refractivity contribution in [3.8, 4) is 5.69 Å². The lowest BCUT2D eigenvalue weighted by Crippen LogP contribution is -2.16. The molecule has 9 heteroatoms. The van der Waals surface area contributed by atoms with Crippen molar-refractivity contribution in [1.82, 2.24) is 14.8 Å². The van der Waals surface area contributed by atoms with Gasteiger partial charge in [0.2, 0.25) is 5.82 Å². The molecule has 6 nitrogen and oxygen atoms in total. The summed E-state index contributed by atoms with van der Waals surface area (Å²) in [5.41, 5.74) is -0.546. The maximum absolute atomic E-state index is 11.7. The van der Waals surface area contributed by atoms with Crippen LogP contribution in [0.3, 0.4) is 0 Å². The van der Waals surface area contributed by atoms with Gasteiger partial charge in [0.15, 0.2) is 0 Å². The molecule has 0 aliphatic heterocycles. The van der Waals surface area contributed by atoms with Gasteiger partial charge in [0, 0.05) is 5.02 Å². The molecule has 0 spiro atoms. The van der Waals surface area contributed by atoms with Crippen LogP contribution in [0.2, 0.25) is 15.1 Å². The third-order valence-electron chi connectivity index (χ3n) is 2.19. The summed E-state index contributed by atoms with van der Waals surface area (Å²) < 4.78 is 5.32. The lowest BCUT2D eigenvalue weighted by Gasteiger charge is -2.05. The van der Waals surface area contributed by atoms with Crippen molar-refractivity contribution in [2.24, 2.45) is 0 Å². The van der Waals surface area contributed by atoms with Gasteiger partial charge in [0.05, 0.1) is 17.2 Å². The van der Waals surface area contributed by atoms with E-state index in [4.69, 9.17) is 34.8 Å². The van der Waals surface area contributed by atoms with Gasteiger partial charge in [-0.05, 0) is 12.1 Å². The minimum Gasteiger partial charge on any atom is -0.463 e. The molecule has 2 rings (SSSR count). The van der Waals surface area contributed by atoms with Crippen molar-refractivity contribution in [3.05, 3.63) is 43.5 Å². The number of nitrogens with one attached hydrogen (secondary N) is 1. The summed E-state index contributed by atoms with van der Waals surface area (Å²) in [7, 11) is 1.17. The Morgan fingerprint density at radius 1 is 1.32 bits per heavy atom. The Labute approximate surface area is 121 Å². The third kappa shape index (κ3) is 2.60. The summed E-state index contributed by atoms with van der Waals surface area (Å²) in [5, 5.41) is 4.33. The Balaban J connectivity index is 2.63. The summed E-state index contributed by atoms with van der Waals surface area (Å²) in [6.07, 6.45) is 0. The topological polar surface area (TPSA) is 77.0 Å². The molecular weight excluding hydrogens is 316 g/mol. The molecular formula is C10H6Cl3N3O3. The van der Waals surface area contributed by atoms with Gasteiger partial charge in [-0.15, -0.1) is 5.10 Å². The van der Waals surface area contributed by atoms with Crippen LogP contribution in [0.4, 0.5) is 0 Å². The lowest BCUT2D eigenvalue weighted by molar-refractivity contribution is 0.0587. The van der Waals surface area contributed by atoms with E-state index in [1.54, 1.807) is 0 Å². The van der Waals surface area contributed by atoms with E-state index in [1.807, 2.05) is 0 Å². The molecule has 1 aromatic heterocycles. The zero-order chi connectivity index (χ0) is 14.2. The van der Waals surface area contributed by atoms with Crippen LogP contribution in [0.25, 0.3) is 5.69 Å². The quantitative estimate of drug-likeness (QED) is 0.861. The number of hydrogen-bond acceptors (Lipinski definition) is 4. The zero-order valence-corrected chi connectivity index (χ0v) is 11.7. The van der Waals surface area contributed by atoms with Crippen molar-refractivity contribution in [1.29, 1.82) is 0 Å². The molecule has 1 heterocycles. The number of nitrogens with zero attached hydrogens (tertiary/aromatic N) is 2. The van der Waals surface area contributed by atoms with E-state index in [1.165, 1.54) is 19.2 Å². The predicted molar refractivity (Wildman–Crippen MR) is 70.6 cm³/mol. The van der Waals surface area contributed by atoms with Crippen molar-refractivity contribution < 1.29 is 9.53 Å². The van der Waals surface area contributed by atoms with Gasteiger partial charge >= 0.3 is 11.7 Å². The van der Waals surface area contributed by atoms with Crippen LogP contribution in [0.1, 0.15) is 10.6 Å². The van der Waals surface area contributed by atoms with Gasteiger partial charge in [-0.1, -0.05) is 34.8 Å². The number of aromatic amines is 1. The fourth-order valence-corrected chi connectivity index (χ4v) is 2.38. The van der Waals surface area contributed by atoms with Crippen LogP contribution in [0.15, 0.2) is 16.9 Å². The van der Waals surface area contributed by atoms with Crippen LogP contribution < -0.4 is 5.69 Å². The minimum absolute atomic E-state index is 0.127. The first-order valence-corrected chi connectivity index (χ1v) is 6.00. The number of aromatic nitrogens is 3. The first kappa shape index (κ1) is 13.9. The number of hydrogen-bond donors (Lipinski definition) is 1. The number of ether oxygens (including phenoxy) is 1. The number of methoxy groups -OCH3 is 1. The molecule has 0 unspecified atom stereocenters. The second kappa shape index (κ2) is 5.24. The molecule has 100 valence electrons. The van der Waals surface area contributed by atoms with Crippen LogP contribution in [0.5, 0.6) is 0 Å². The third-order valence-corrected chi connectivity index (χ3v) is 2.98. The predicted octanol–water partition coefficient (Wildman–Crippen LogP) is 2.31. The second-order valence-corrected chi connectivity index (χ2v) is 4.65. The SMILES string of the molecule is COC(=O)c1nn(-c2c(Cl)cc(Cl)cc2Cl)c(=O)[nH]1. The van der Waals surface area contributed by atoms with Crippen molar-refractivity contribution in [2.45, 2.75) is 0 Å². The average Bonchev–Trinajstić information content (AvgIpc) is 2.69. The van der Waals surface area contributed by atoms with Gasteiger partial charge in [0.25, 0.3) is 0 Å². The highest BCUT2D eigenvalue weighted by molar-refractivity contribution is 6.40. The van der Waals surface area contributed by atoms with E-state index in [9.17, 15) is 9.59 Å². The molecule has 0 saturated heterocycles. The first-order chi connectivity index (χ1) is 8.93. The van der Waals surface area contributed by atoms with Crippen molar-refractivity contribution in [2.75, 3.05) is 7.11 Å². The maximum Gasteiger partial charge on any atom is 0.376 e. The molecule has 1 aromatic carbocycles. The molecule has 0 bridgehead atoms. The van der Waals surface area contributed by atoms with Crippen molar-refractivity contribution >= 4 is 40.8 Å². The number of carbonyl (C=O) groups is 1. The van der Waals surface area contributed by atoms with E-state index in [-0.39, 0.29) is 21.6 Å². The fraction of sp³-hybridized carbons (Fsp3) is 0.100. The van der Waals surface area contributed by atoms with Gasteiger partial charge in [-0.3, -0.25) is 4.98 Å². The molecule has 0 aliphatic carbocycles. The molecule has 0 radical (unpaired) electrons. The summed E-state index contributed by atoms with van der Waals surface area (Å²) in [6, 6.07) is 2.81. The normalized spacial score (nSPS) is 10.5. The van der Waals surface area contributed by atoms with Crippen LogP contribution in [-0.4, -0.2) is 27.8 Å². The summed E-state index contributed by atoms with van der Waals surface area (Å²) in [4.78, 5) is 25.3. The summed E-state index contributed by atoms with van der Waals surface area (Å²) in [6.45, 7) is 0. The number of carbonyl (C=O) groups excluding carboxylic acids is 1. The molecule has 2 aromatic rings. The number of rotatable bonds is 2. The molecule has 0 amide bonds.